The highest BCUT2D eigenvalue weighted by molar-refractivity contribution is 7.21. The van der Waals surface area contributed by atoms with E-state index in [1.54, 1.807) is 6.07 Å². The van der Waals surface area contributed by atoms with Crippen molar-refractivity contribution in [2.45, 2.75) is 19.3 Å². The van der Waals surface area contributed by atoms with Crippen LogP contribution in [0.15, 0.2) is 18.2 Å². The van der Waals surface area contributed by atoms with Gasteiger partial charge >= 0.3 is 0 Å². The minimum atomic E-state index is -0.321. The first-order valence-electron chi connectivity index (χ1n) is 6.58. The number of hydrogen-bond acceptors (Lipinski definition) is 3. The average Bonchev–Trinajstić information content (AvgIpc) is 2.76. The molecule has 0 saturated carbocycles. The van der Waals surface area contributed by atoms with E-state index in [0.717, 1.165) is 31.3 Å². The second kappa shape index (κ2) is 5.68. The Morgan fingerprint density at radius 3 is 2.80 bits per heavy atom. The van der Waals surface area contributed by atoms with E-state index in [1.165, 1.54) is 29.9 Å². The molecule has 3 rings (SSSR count). The Kier molecular flexibility index (Phi) is 3.92. The number of thiophene rings is 1. The second-order valence-electron chi connectivity index (χ2n) is 4.87. The summed E-state index contributed by atoms with van der Waals surface area (Å²) in [5.41, 5.74) is 2.88. The quantitative estimate of drug-likeness (QED) is 0.914. The lowest BCUT2D eigenvalue weighted by molar-refractivity contribution is 0.0754. The molecule has 0 aliphatic carbocycles. The van der Waals surface area contributed by atoms with Crippen molar-refractivity contribution >= 4 is 38.9 Å². The lowest BCUT2D eigenvalue weighted by Gasteiger charge is -2.26. The summed E-state index contributed by atoms with van der Waals surface area (Å²) in [6.45, 7) is 1.73. The topological polar surface area (TPSA) is 32.3 Å². The first kappa shape index (κ1) is 13.8. The van der Waals surface area contributed by atoms with E-state index >= 15 is 0 Å². The van der Waals surface area contributed by atoms with Crippen LogP contribution in [-0.4, -0.2) is 24.0 Å². The summed E-state index contributed by atoms with van der Waals surface area (Å²) in [7, 11) is 0. The van der Waals surface area contributed by atoms with Gasteiger partial charge in [-0.2, -0.15) is 0 Å². The van der Waals surface area contributed by atoms with Crippen molar-refractivity contribution in [2.75, 3.05) is 13.1 Å². The van der Waals surface area contributed by atoms with Crippen molar-refractivity contribution in [3.8, 4) is 0 Å². The highest BCUT2D eigenvalue weighted by Gasteiger charge is 2.20. The third kappa shape index (κ3) is 2.66. The fourth-order valence-electron chi connectivity index (χ4n) is 2.39. The molecular weight excluding hydrogens is 299 g/mol. The van der Waals surface area contributed by atoms with Gasteiger partial charge in [0.25, 0.3) is 5.91 Å². The minimum absolute atomic E-state index is 0.210. The number of amides is 1. The van der Waals surface area contributed by atoms with Gasteiger partial charge in [-0.25, -0.2) is 9.40 Å². The molecule has 20 heavy (non-hydrogen) atoms. The van der Waals surface area contributed by atoms with Crippen LogP contribution in [0.1, 0.15) is 28.9 Å². The van der Waals surface area contributed by atoms with Gasteiger partial charge in [-0.3, -0.25) is 10.2 Å². The molecule has 0 bridgehead atoms. The number of fused-ring (bicyclic) bond motifs is 1. The molecule has 1 aliphatic heterocycles. The third-order valence-corrected chi connectivity index (χ3v) is 5.07. The number of hydrogen-bond donors (Lipinski definition) is 1. The molecule has 6 heteroatoms. The fraction of sp³-hybridized carbons (Fsp3) is 0.357. The largest absolute Gasteiger partial charge is 0.284 e. The van der Waals surface area contributed by atoms with E-state index in [2.05, 4.69) is 5.43 Å². The number of rotatable bonds is 2. The minimum Gasteiger partial charge on any atom is -0.284 e. The van der Waals surface area contributed by atoms with Gasteiger partial charge < -0.3 is 0 Å². The van der Waals surface area contributed by atoms with Gasteiger partial charge in [0.05, 0.1) is 5.02 Å². The SMILES string of the molecule is O=C(NN1CCCCC1)c1sc2cc(F)ccc2c1Cl. The normalized spacial score (nSPS) is 16.5. The molecule has 2 heterocycles. The summed E-state index contributed by atoms with van der Waals surface area (Å²) >= 11 is 7.45. The Bertz CT molecular complexity index is 652. The Labute approximate surface area is 125 Å². The van der Waals surface area contributed by atoms with Crippen LogP contribution >= 0.6 is 22.9 Å². The van der Waals surface area contributed by atoms with E-state index in [9.17, 15) is 9.18 Å². The molecule has 2 aromatic rings. The van der Waals surface area contributed by atoms with Crippen molar-refractivity contribution < 1.29 is 9.18 Å². The number of carbonyl (C=O) groups excluding carboxylic acids is 1. The lowest BCUT2D eigenvalue weighted by Crippen LogP contribution is -2.44. The van der Waals surface area contributed by atoms with E-state index in [1.807, 2.05) is 5.01 Å². The van der Waals surface area contributed by atoms with Gasteiger partial charge in [-0.15, -0.1) is 11.3 Å². The molecule has 3 nitrogen and oxygen atoms in total. The van der Waals surface area contributed by atoms with Crippen LogP contribution < -0.4 is 5.43 Å². The monoisotopic (exact) mass is 312 g/mol. The molecule has 1 amide bonds. The van der Waals surface area contributed by atoms with E-state index in [4.69, 9.17) is 11.6 Å². The Morgan fingerprint density at radius 1 is 1.30 bits per heavy atom. The number of nitrogens with zero attached hydrogens (tertiary/aromatic N) is 1. The average molecular weight is 313 g/mol. The maximum Gasteiger partial charge on any atom is 0.277 e. The van der Waals surface area contributed by atoms with Crippen LogP contribution in [0.4, 0.5) is 4.39 Å². The maximum atomic E-state index is 13.2. The number of halogens is 2. The second-order valence-corrected chi connectivity index (χ2v) is 6.30. The smallest absolute Gasteiger partial charge is 0.277 e. The summed E-state index contributed by atoms with van der Waals surface area (Å²) in [5.74, 6) is -0.531. The summed E-state index contributed by atoms with van der Waals surface area (Å²) in [6.07, 6.45) is 3.38. The molecule has 1 N–H and O–H groups in total. The van der Waals surface area contributed by atoms with E-state index < -0.39 is 0 Å². The van der Waals surface area contributed by atoms with Crippen LogP contribution in [0.3, 0.4) is 0 Å². The Morgan fingerprint density at radius 2 is 2.05 bits per heavy atom. The number of hydrazine groups is 1. The summed E-state index contributed by atoms with van der Waals surface area (Å²) in [4.78, 5) is 12.7. The van der Waals surface area contributed by atoms with Crippen LogP contribution in [0.5, 0.6) is 0 Å². The first-order chi connectivity index (χ1) is 9.65. The molecule has 0 radical (unpaired) electrons. The van der Waals surface area contributed by atoms with Gasteiger partial charge in [-0.05, 0) is 31.0 Å². The fourth-order valence-corrected chi connectivity index (χ4v) is 3.82. The molecule has 1 aliphatic rings. The predicted octanol–water partition coefficient (Wildman–Crippen LogP) is 3.82. The highest BCUT2D eigenvalue weighted by atomic mass is 35.5. The van der Waals surface area contributed by atoms with Gasteiger partial charge in [0.15, 0.2) is 0 Å². The number of piperidine rings is 1. The van der Waals surface area contributed by atoms with E-state index in [0.29, 0.717) is 14.6 Å². The number of carbonyl (C=O) groups is 1. The molecule has 0 unspecified atom stereocenters. The molecule has 1 saturated heterocycles. The summed E-state index contributed by atoms with van der Waals surface area (Å²) in [5, 5.41) is 3.05. The molecule has 1 aromatic heterocycles. The van der Waals surface area contributed by atoms with Gasteiger partial charge in [0.1, 0.15) is 10.7 Å². The molecule has 0 spiro atoms. The predicted molar refractivity (Wildman–Crippen MR) is 79.7 cm³/mol. The zero-order chi connectivity index (χ0) is 14.1. The zero-order valence-corrected chi connectivity index (χ0v) is 12.4. The Balaban J connectivity index is 1.85. The molecular formula is C14H14ClFN2OS. The zero-order valence-electron chi connectivity index (χ0n) is 10.8. The van der Waals surface area contributed by atoms with Crippen LogP contribution in [0.2, 0.25) is 5.02 Å². The van der Waals surface area contributed by atoms with Crippen LogP contribution in [-0.2, 0) is 0 Å². The van der Waals surface area contributed by atoms with Crippen molar-refractivity contribution in [1.29, 1.82) is 0 Å². The van der Waals surface area contributed by atoms with E-state index in [-0.39, 0.29) is 11.7 Å². The molecule has 106 valence electrons. The third-order valence-electron chi connectivity index (χ3n) is 3.41. The lowest BCUT2D eigenvalue weighted by atomic mass is 10.2. The number of nitrogens with one attached hydrogen (secondary N) is 1. The first-order valence-corrected chi connectivity index (χ1v) is 7.78. The number of benzene rings is 1. The van der Waals surface area contributed by atoms with Crippen molar-refractivity contribution in [3.63, 3.8) is 0 Å². The standard InChI is InChI=1S/C14H14ClFN2OS/c15-12-10-5-4-9(16)8-11(10)20-13(12)14(19)17-18-6-2-1-3-7-18/h4-5,8H,1-3,6-7H2,(H,17,19). The summed E-state index contributed by atoms with van der Waals surface area (Å²) in [6, 6.07) is 4.37. The van der Waals surface area contributed by atoms with Crippen molar-refractivity contribution in [3.05, 3.63) is 33.9 Å². The molecule has 1 aromatic carbocycles. The Hall–Kier alpha value is -1.17. The van der Waals surface area contributed by atoms with Crippen LogP contribution in [0, 0.1) is 5.82 Å². The maximum absolute atomic E-state index is 13.2. The summed E-state index contributed by atoms with van der Waals surface area (Å²) < 4.78 is 13.9. The van der Waals surface area contributed by atoms with Crippen LogP contribution in [0.25, 0.3) is 10.1 Å². The van der Waals surface area contributed by atoms with Gasteiger partial charge in [-0.1, -0.05) is 18.0 Å². The van der Waals surface area contributed by atoms with Gasteiger partial charge in [0, 0.05) is 23.2 Å². The molecule has 0 atom stereocenters. The highest BCUT2D eigenvalue weighted by Crippen LogP contribution is 2.35. The molecule has 1 fully saturated rings. The van der Waals surface area contributed by atoms with Gasteiger partial charge in [0.2, 0.25) is 0 Å². The van der Waals surface area contributed by atoms with Crippen molar-refractivity contribution in [1.82, 2.24) is 10.4 Å². The van der Waals surface area contributed by atoms with Crippen molar-refractivity contribution in [2.24, 2.45) is 0 Å².